The van der Waals surface area contributed by atoms with Crippen molar-refractivity contribution < 1.29 is 24.2 Å². The first-order valence-corrected chi connectivity index (χ1v) is 7.15. The van der Waals surface area contributed by atoms with Crippen LogP contribution in [0.5, 0.6) is 0 Å². The average Bonchev–Trinajstić information content (AvgIpc) is 2.37. The van der Waals surface area contributed by atoms with E-state index in [0.717, 1.165) is 0 Å². The Balaban J connectivity index is 2.71. The van der Waals surface area contributed by atoms with Gasteiger partial charge in [-0.25, -0.2) is 9.59 Å². The molecule has 0 bridgehead atoms. The first kappa shape index (κ1) is 18.5. The molecule has 0 aliphatic heterocycles. The molecule has 0 saturated carbocycles. The summed E-state index contributed by atoms with van der Waals surface area (Å²) >= 11 is 0. The number of carbonyl (C=O) groups excluding carboxylic acids is 2. The van der Waals surface area contributed by atoms with Gasteiger partial charge in [-0.2, -0.15) is 0 Å². The molecule has 3 N–H and O–H groups in total. The Kier molecular flexibility index (Phi) is 6.12. The van der Waals surface area contributed by atoms with Crippen LogP contribution < -0.4 is 10.6 Å². The van der Waals surface area contributed by atoms with Gasteiger partial charge < -0.3 is 20.5 Å². The number of hydrogen-bond acceptors (Lipinski definition) is 4. The van der Waals surface area contributed by atoms with E-state index in [0.29, 0.717) is 11.3 Å². The molecular formula is C16H22N2O5. The summed E-state index contributed by atoms with van der Waals surface area (Å²) in [5.41, 5.74) is 0.628. The van der Waals surface area contributed by atoms with Crippen LogP contribution in [-0.2, 0) is 20.7 Å². The molecule has 1 aromatic rings. The van der Waals surface area contributed by atoms with E-state index in [4.69, 9.17) is 4.74 Å². The second kappa shape index (κ2) is 7.62. The molecule has 0 aliphatic carbocycles. The Labute approximate surface area is 135 Å². The molecule has 0 heterocycles. The van der Waals surface area contributed by atoms with Gasteiger partial charge in [-0.3, -0.25) is 4.79 Å². The van der Waals surface area contributed by atoms with Crippen molar-refractivity contribution in [3.05, 3.63) is 29.8 Å². The minimum absolute atomic E-state index is 0.106. The van der Waals surface area contributed by atoms with Crippen LogP contribution in [0.3, 0.4) is 0 Å². The second-order valence-corrected chi connectivity index (χ2v) is 6.12. The minimum Gasteiger partial charge on any atom is -0.480 e. The number of carboxylic acid groups (broad SMARTS) is 1. The number of nitrogens with one attached hydrogen (secondary N) is 2. The van der Waals surface area contributed by atoms with Crippen molar-refractivity contribution >= 4 is 23.7 Å². The lowest BCUT2D eigenvalue weighted by Gasteiger charge is -2.22. The zero-order valence-electron chi connectivity index (χ0n) is 13.7. The highest BCUT2D eigenvalue weighted by atomic mass is 16.6. The summed E-state index contributed by atoms with van der Waals surface area (Å²) in [5, 5.41) is 14.2. The molecule has 7 heteroatoms. The number of carboxylic acids is 1. The molecule has 126 valence electrons. The fourth-order valence-corrected chi connectivity index (χ4v) is 1.81. The Bertz CT molecular complexity index is 575. The van der Waals surface area contributed by atoms with Crippen LogP contribution in [0.15, 0.2) is 24.3 Å². The molecule has 0 fully saturated rings. The van der Waals surface area contributed by atoms with Crippen molar-refractivity contribution in [1.82, 2.24) is 5.32 Å². The molecule has 23 heavy (non-hydrogen) atoms. The maximum atomic E-state index is 11.7. The summed E-state index contributed by atoms with van der Waals surface area (Å²) in [6.45, 7) is 6.49. The van der Waals surface area contributed by atoms with Gasteiger partial charge in [0.15, 0.2) is 0 Å². The van der Waals surface area contributed by atoms with Gasteiger partial charge in [0.1, 0.15) is 11.6 Å². The van der Waals surface area contributed by atoms with Crippen LogP contribution in [-0.4, -0.2) is 34.7 Å². The highest BCUT2D eigenvalue weighted by Crippen LogP contribution is 2.12. The Morgan fingerprint density at radius 3 is 2.17 bits per heavy atom. The molecule has 0 saturated heterocycles. The van der Waals surface area contributed by atoms with E-state index in [9.17, 15) is 19.5 Å². The molecular weight excluding hydrogens is 300 g/mol. The predicted octanol–water partition coefficient (Wildman–Crippen LogP) is 2.17. The van der Waals surface area contributed by atoms with Crippen LogP contribution in [0.4, 0.5) is 10.5 Å². The molecule has 1 aromatic carbocycles. The van der Waals surface area contributed by atoms with Crippen molar-refractivity contribution in [3.63, 3.8) is 0 Å². The lowest BCUT2D eigenvalue weighted by Crippen LogP contribution is -2.44. The highest BCUT2D eigenvalue weighted by molar-refractivity contribution is 5.88. The van der Waals surface area contributed by atoms with Gasteiger partial charge >= 0.3 is 12.1 Å². The molecule has 0 radical (unpaired) electrons. The molecule has 1 atom stereocenters. The number of ether oxygens (including phenoxy) is 1. The summed E-state index contributed by atoms with van der Waals surface area (Å²) in [6, 6.07) is 5.62. The molecule has 0 aromatic heterocycles. The molecule has 2 amide bonds. The third-order valence-corrected chi connectivity index (χ3v) is 2.70. The second-order valence-electron chi connectivity index (χ2n) is 6.12. The fraction of sp³-hybridized carbons (Fsp3) is 0.438. The molecule has 0 spiro atoms. The lowest BCUT2D eigenvalue weighted by molar-refractivity contribution is -0.139. The number of alkyl carbamates (subject to hydrolysis) is 1. The Hall–Kier alpha value is -2.57. The van der Waals surface area contributed by atoms with Gasteiger partial charge in [0.25, 0.3) is 0 Å². The predicted molar refractivity (Wildman–Crippen MR) is 85.2 cm³/mol. The van der Waals surface area contributed by atoms with Crippen LogP contribution in [0.1, 0.15) is 33.3 Å². The van der Waals surface area contributed by atoms with E-state index in [-0.39, 0.29) is 12.3 Å². The largest absolute Gasteiger partial charge is 0.480 e. The van der Waals surface area contributed by atoms with Crippen LogP contribution >= 0.6 is 0 Å². The highest BCUT2D eigenvalue weighted by Gasteiger charge is 2.24. The van der Waals surface area contributed by atoms with E-state index in [1.54, 1.807) is 45.0 Å². The quantitative estimate of drug-likeness (QED) is 0.770. The zero-order valence-corrected chi connectivity index (χ0v) is 13.7. The van der Waals surface area contributed by atoms with E-state index >= 15 is 0 Å². The number of aliphatic carboxylic acids is 1. The van der Waals surface area contributed by atoms with E-state index in [2.05, 4.69) is 10.6 Å². The number of rotatable bonds is 5. The maximum absolute atomic E-state index is 11.7. The van der Waals surface area contributed by atoms with Crippen molar-refractivity contribution in [1.29, 1.82) is 0 Å². The normalized spacial score (nSPS) is 12.2. The molecule has 7 nitrogen and oxygen atoms in total. The molecule has 0 unspecified atom stereocenters. The SMILES string of the molecule is CC(=O)Nc1ccc(C[C@H](NC(=O)OC(C)(C)C)C(=O)O)cc1. The van der Waals surface area contributed by atoms with Gasteiger partial charge in [-0.1, -0.05) is 12.1 Å². The third-order valence-electron chi connectivity index (χ3n) is 2.70. The van der Waals surface area contributed by atoms with Crippen molar-refractivity contribution in [2.75, 3.05) is 5.32 Å². The van der Waals surface area contributed by atoms with E-state index < -0.39 is 23.7 Å². The lowest BCUT2D eigenvalue weighted by atomic mass is 10.1. The van der Waals surface area contributed by atoms with Gasteiger partial charge in [0, 0.05) is 19.0 Å². The van der Waals surface area contributed by atoms with E-state index in [1.165, 1.54) is 6.92 Å². The van der Waals surface area contributed by atoms with Gasteiger partial charge in [0.05, 0.1) is 0 Å². The van der Waals surface area contributed by atoms with E-state index in [1.807, 2.05) is 0 Å². The fourth-order valence-electron chi connectivity index (χ4n) is 1.81. The molecule has 0 aliphatic rings. The summed E-state index contributed by atoms with van der Waals surface area (Å²) in [4.78, 5) is 33.9. The standard InChI is InChI=1S/C16H22N2O5/c1-10(19)17-12-7-5-11(6-8-12)9-13(14(20)21)18-15(22)23-16(2,3)4/h5-8,13H,9H2,1-4H3,(H,17,19)(H,18,22)(H,20,21)/t13-/m0/s1. The maximum Gasteiger partial charge on any atom is 0.408 e. The number of anilines is 1. The van der Waals surface area contributed by atoms with Crippen LogP contribution in [0.25, 0.3) is 0 Å². The van der Waals surface area contributed by atoms with Crippen LogP contribution in [0, 0.1) is 0 Å². The number of benzene rings is 1. The van der Waals surface area contributed by atoms with Crippen molar-refractivity contribution in [2.45, 2.75) is 45.8 Å². The first-order chi connectivity index (χ1) is 10.6. The summed E-state index contributed by atoms with van der Waals surface area (Å²) in [5.74, 6) is -1.34. The Morgan fingerprint density at radius 2 is 1.74 bits per heavy atom. The average molecular weight is 322 g/mol. The topological polar surface area (TPSA) is 105 Å². The number of amides is 2. The van der Waals surface area contributed by atoms with Gasteiger partial charge in [-0.05, 0) is 38.5 Å². The third kappa shape index (κ3) is 7.30. The summed E-state index contributed by atoms with van der Waals surface area (Å²) in [7, 11) is 0. The monoisotopic (exact) mass is 322 g/mol. The summed E-state index contributed by atoms with van der Waals surface area (Å²) in [6.07, 6.45) is -0.672. The first-order valence-electron chi connectivity index (χ1n) is 7.15. The van der Waals surface area contributed by atoms with Gasteiger partial charge in [0.2, 0.25) is 5.91 Å². The number of carbonyl (C=O) groups is 3. The van der Waals surface area contributed by atoms with Crippen molar-refractivity contribution in [3.8, 4) is 0 Å². The summed E-state index contributed by atoms with van der Waals surface area (Å²) < 4.78 is 5.06. The minimum atomic E-state index is -1.15. The van der Waals surface area contributed by atoms with Gasteiger partial charge in [-0.15, -0.1) is 0 Å². The number of hydrogen-bond donors (Lipinski definition) is 3. The Morgan fingerprint density at radius 1 is 1.17 bits per heavy atom. The van der Waals surface area contributed by atoms with Crippen LogP contribution in [0.2, 0.25) is 0 Å². The molecule has 1 rings (SSSR count). The zero-order chi connectivity index (χ0) is 17.6. The smallest absolute Gasteiger partial charge is 0.408 e. The van der Waals surface area contributed by atoms with Crippen molar-refractivity contribution in [2.24, 2.45) is 0 Å².